The molecule has 3 heterocycles. The number of nitrogens with zero attached hydrogens (tertiary/aromatic N) is 4. The van der Waals surface area contributed by atoms with Gasteiger partial charge in [-0.3, -0.25) is 0 Å². The fourth-order valence-electron chi connectivity index (χ4n) is 4.84. The van der Waals surface area contributed by atoms with E-state index < -0.39 is 0 Å². The number of aromatic nitrogens is 2. The highest BCUT2D eigenvalue weighted by atomic mass is 16.5. The summed E-state index contributed by atoms with van der Waals surface area (Å²) < 4.78 is 5.71. The van der Waals surface area contributed by atoms with Crippen molar-refractivity contribution in [1.29, 1.82) is 0 Å². The lowest BCUT2D eigenvalue weighted by Gasteiger charge is -2.41. The van der Waals surface area contributed by atoms with Crippen LogP contribution in [0.5, 0.6) is 0 Å². The minimum Gasteiger partial charge on any atom is -0.396 e. The Balaban J connectivity index is 1.50. The van der Waals surface area contributed by atoms with Crippen molar-refractivity contribution in [2.75, 3.05) is 45.9 Å². The molecule has 1 N–H and O–H groups in total. The van der Waals surface area contributed by atoms with Gasteiger partial charge in [-0.25, -0.2) is 0 Å². The van der Waals surface area contributed by atoms with E-state index in [0.29, 0.717) is 11.7 Å². The van der Waals surface area contributed by atoms with Crippen LogP contribution in [0.4, 0.5) is 0 Å². The highest BCUT2D eigenvalue weighted by molar-refractivity contribution is 5.19. The van der Waals surface area contributed by atoms with Gasteiger partial charge in [-0.15, -0.1) is 0 Å². The molecule has 0 spiro atoms. The van der Waals surface area contributed by atoms with Crippen LogP contribution in [0.3, 0.4) is 0 Å². The molecular weight excluding hydrogens is 340 g/mol. The molecular formula is C21H30N4O2. The Bertz CT molecular complexity index is 735. The Morgan fingerprint density at radius 1 is 1.19 bits per heavy atom. The first kappa shape index (κ1) is 18.6. The summed E-state index contributed by atoms with van der Waals surface area (Å²) in [7, 11) is 0. The number of rotatable bonds is 7. The van der Waals surface area contributed by atoms with Crippen molar-refractivity contribution in [3.63, 3.8) is 0 Å². The molecule has 0 radical (unpaired) electrons. The summed E-state index contributed by atoms with van der Waals surface area (Å²) in [5.74, 6) is 2.08. The largest absolute Gasteiger partial charge is 0.396 e. The Hall–Kier alpha value is -1.76. The topological polar surface area (TPSA) is 65.6 Å². The van der Waals surface area contributed by atoms with Gasteiger partial charge in [0.15, 0.2) is 5.82 Å². The summed E-state index contributed by atoms with van der Waals surface area (Å²) in [4.78, 5) is 9.70. The number of likely N-dealkylation sites (tertiary alicyclic amines) is 2. The number of aliphatic hydroxyl groups is 1. The lowest BCUT2D eigenvalue weighted by Crippen LogP contribution is -2.52. The standard InChI is InChI=1S/C21H30N4O2/c1-17-22-20(27-23-17)21-15-24(10-5-13-26)12-9-19(21)14-25(16-21)11-8-18-6-3-2-4-7-18/h2-4,6-7,19,26H,5,8-16H2,1H3/t19-,21-/m0/s1. The number of piperidine rings is 1. The zero-order valence-electron chi connectivity index (χ0n) is 16.2. The smallest absolute Gasteiger partial charge is 0.235 e. The van der Waals surface area contributed by atoms with E-state index in [1.54, 1.807) is 0 Å². The maximum atomic E-state index is 9.21. The fourth-order valence-corrected chi connectivity index (χ4v) is 4.84. The molecule has 2 aliphatic heterocycles. The van der Waals surface area contributed by atoms with Gasteiger partial charge in [0.1, 0.15) is 0 Å². The Morgan fingerprint density at radius 2 is 2.00 bits per heavy atom. The van der Waals surface area contributed by atoms with E-state index in [2.05, 4.69) is 50.3 Å². The molecule has 0 unspecified atom stereocenters. The molecule has 2 aliphatic rings. The summed E-state index contributed by atoms with van der Waals surface area (Å²) in [6.07, 6.45) is 3.04. The number of aryl methyl sites for hydroxylation is 1. The third kappa shape index (κ3) is 3.93. The van der Waals surface area contributed by atoms with E-state index >= 15 is 0 Å². The van der Waals surface area contributed by atoms with Crippen molar-refractivity contribution in [2.45, 2.75) is 31.6 Å². The van der Waals surface area contributed by atoms with E-state index in [0.717, 1.165) is 64.4 Å². The molecule has 6 nitrogen and oxygen atoms in total. The SMILES string of the molecule is Cc1noc([C@]23CN(CCCO)CC[C@H]2CN(CCc2ccccc2)C3)n1. The van der Waals surface area contributed by atoms with Gasteiger partial charge in [-0.05, 0) is 44.2 Å². The Kier molecular flexibility index (Phi) is 5.57. The fraction of sp³-hybridized carbons (Fsp3) is 0.619. The average molecular weight is 370 g/mol. The van der Waals surface area contributed by atoms with Crippen molar-refractivity contribution in [3.05, 3.63) is 47.6 Å². The maximum Gasteiger partial charge on any atom is 0.235 e. The highest BCUT2D eigenvalue weighted by Gasteiger charge is 2.53. The van der Waals surface area contributed by atoms with Gasteiger partial charge in [0.25, 0.3) is 0 Å². The second-order valence-electron chi connectivity index (χ2n) is 8.11. The molecule has 6 heteroatoms. The third-order valence-electron chi connectivity index (χ3n) is 6.21. The highest BCUT2D eigenvalue weighted by Crippen LogP contribution is 2.44. The Morgan fingerprint density at radius 3 is 2.74 bits per heavy atom. The summed E-state index contributed by atoms with van der Waals surface area (Å²) in [5, 5.41) is 13.3. The molecule has 0 saturated carbocycles. The van der Waals surface area contributed by atoms with E-state index in [9.17, 15) is 5.11 Å². The number of benzene rings is 1. The molecule has 0 amide bonds. The molecule has 27 heavy (non-hydrogen) atoms. The first-order valence-corrected chi connectivity index (χ1v) is 10.1. The van der Waals surface area contributed by atoms with E-state index in [-0.39, 0.29) is 12.0 Å². The zero-order chi connectivity index (χ0) is 18.7. The summed E-state index contributed by atoms with van der Waals surface area (Å²) in [5.41, 5.74) is 1.31. The van der Waals surface area contributed by atoms with E-state index in [4.69, 9.17) is 4.52 Å². The molecule has 4 rings (SSSR count). The summed E-state index contributed by atoms with van der Waals surface area (Å²) in [6, 6.07) is 10.7. The quantitative estimate of drug-likeness (QED) is 0.803. The third-order valence-corrected chi connectivity index (χ3v) is 6.21. The van der Waals surface area contributed by atoms with E-state index in [1.165, 1.54) is 5.56 Å². The molecule has 146 valence electrons. The molecule has 2 aromatic rings. The normalized spacial score (nSPS) is 26.4. The van der Waals surface area contributed by atoms with Crippen molar-refractivity contribution in [1.82, 2.24) is 19.9 Å². The first-order chi connectivity index (χ1) is 13.2. The minimum absolute atomic E-state index is 0.0777. The van der Waals surface area contributed by atoms with Gasteiger partial charge in [0.2, 0.25) is 5.89 Å². The predicted molar refractivity (Wildman–Crippen MR) is 104 cm³/mol. The number of hydrogen-bond acceptors (Lipinski definition) is 6. The summed E-state index contributed by atoms with van der Waals surface area (Å²) in [6.45, 7) is 8.24. The van der Waals surface area contributed by atoms with Crippen molar-refractivity contribution in [2.24, 2.45) is 5.92 Å². The van der Waals surface area contributed by atoms with E-state index in [1.807, 2.05) is 6.92 Å². The second kappa shape index (κ2) is 8.09. The van der Waals surface area contributed by atoms with Crippen molar-refractivity contribution < 1.29 is 9.63 Å². The van der Waals surface area contributed by atoms with Crippen LogP contribution >= 0.6 is 0 Å². The lowest BCUT2D eigenvalue weighted by atomic mass is 9.73. The van der Waals surface area contributed by atoms with Gasteiger partial charge >= 0.3 is 0 Å². The van der Waals surface area contributed by atoms with Crippen LogP contribution in [0.1, 0.15) is 30.1 Å². The predicted octanol–water partition coefficient (Wildman–Crippen LogP) is 1.88. The molecule has 0 bridgehead atoms. The van der Waals surface area contributed by atoms with Crippen LogP contribution in [-0.2, 0) is 11.8 Å². The monoisotopic (exact) mass is 370 g/mol. The maximum absolute atomic E-state index is 9.21. The molecule has 1 aromatic carbocycles. The van der Waals surface area contributed by atoms with Gasteiger partial charge in [-0.2, -0.15) is 4.98 Å². The average Bonchev–Trinajstić information content (AvgIpc) is 3.29. The van der Waals surface area contributed by atoms with Crippen LogP contribution in [0.2, 0.25) is 0 Å². The van der Waals surface area contributed by atoms with Crippen molar-refractivity contribution >= 4 is 0 Å². The second-order valence-corrected chi connectivity index (χ2v) is 8.11. The Labute approximate surface area is 161 Å². The zero-order valence-corrected chi connectivity index (χ0v) is 16.2. The van der Waals surface area contributed by atoms with Crippen LogP contribution < -0.4 is 0 Å². The van der Waals surface area contributed by atoms with Crippen molar-refractivity contribution in [3.8, 4) is 0 Å². The number of hydrogen-bond donors (Lipinski definition) is 1. The van der Waals surface area contributed by atoms with Crippen LogP contribution in [0.25, 0.3) is 0 Å². The number of aliphatic hydroxyl groups excluding tert-OH is 1. The molecule has 2 fully saturated rings. The minimum atomic E-state index is -0.0777. The molecule has 2 saturated heterocycles. The molecule has 0 aliphatic carbocycles. The van der Waals surface area contributed by atoms with Crippen LogP contribution in [0, 0.1) is 12.8 Å². The van der Waals surface area contributed by atoms with Gasteiger partial charge in [-0.1, -0.05) is 35.5 Å². The lowest BCUT2D eigenvalue weighted by molar-refractivity contribution is 0.0875. The molecule has 2 atom stereocenters. The van der Waals surface area contributed by atoms with Gasteiger partial charge in [0.05, 0.1) is 5.41 Å². The first-order valence-electron chi connectivity index (χ1n) is 10.1. The molecule has 1 aromatic heterocycles. The van der Waals surface area contributed by atoms with Gasteiger partial charge in [0, 0.05) is 39.3 Å². The van der Waals surface area contributed by atoms with Crippen LogP contribution in [0.15, 0.2) is 34.9 Å². The summed E-state index contributed by atoms with van der Waals surface area (Å²) >= 11 is 0. The van der Waals surface area contributed by atoms with Gasteiger partial charge < -0.3 is 19.4 Å². The number of fused-ring (bicyclic) bond motifs is 1. The van der Waals surface area contributed by atoms with Crippen LogP contribution in [-0.4, -0.2) is 70.9 Å².